The number of anilines is 1. The van der Waals surface area contributed by atoms with Crippen LogP contribution < -0.4 is 5.32 Å². The van der Waals surface area contributed by atoms with Crippen LogP contribution in [0.2, 0.25) is 5.02 Å². The predicted molar refractivity (Wildman–Crippen MR) is 142 cm³/mol. The summed E-state index contributed by atoms with van der Waals surface area (Å²) in [6.45, 7) is 0. The molecule has 1 heterocycles. The van der Waals surface area contributed by atoms with Crippen molar-refractivity contribution in [1.29, 1.82) is 5.41 Å². The molecule has 8 nitrogen and oxygen atoms in total. The van der Waals surface area contributed by atoms with E-state index in [1.165, 1.54) is 23.9 Å². The van der Waals surface area contributed by atoms with Crippen LogP contribution in [-0.4, -0.2) is 48.7 Å². The van der Waals surface area contributed by atoms with E-state index in [4.69, 9.17) is 21.7 Å². The number of thioether (sulfide) groups is 1. The molecule has 0 saturated heterocycles. The van der Waals surface area contributed by atoms with Gasteiger partial charge in [0.15, 0.2) is 20.6 Å². The minimum Gasteiger partial charge on any atom is -0.450 e. The van der Waals surface area contributed by atoms with Gasteiger partial charge in [-0.25, -0.2) is 13.2 Å². The smallest absolute Gasteiger partial charge is 0.358 e. The minimum atomic E-state index is -3.40. The Morgan fingerprint density at radius 3 is 2.65 bits per heavy atom. The predicted octanol–water partition coefficient (Wildman–Crippen LogP) is 5.32. The van der Waals surface area contributed by atoms with E-state index in [9.17, 15) is 13.2 Å². The van der Waals surface area contributed by atoms with Crippen LogP contribution in [0.1, 0.15) is 5.01 Å². The number of ether oxygens (including phenoxy) is 1. The molecule has 0 atom stereocenters. The van der Waals surface area contributed by atoms with Crippen LogP contribution >= 0.6 is 50.6 Å². The molecule has 0 bridgehead atoms. The highest BCUT2D eigenvalue weighted by molar-refractivity contribution is 9.12. The Kier molecular flexibility index (Phi) is 8.88. The van der Waals surface area contributed by atoms with Gasteiger partial charge in [0.1, 0.15) is 10.9 Å². The summed E-state index contributed by atoms with van der Waals surface area (Å²) in [6.07, 6.45) is 2.90. The first kappa shape index (κ1) is 26.4. The highest BCUT2D eigenvalue weighted by Crippen LogP contribution is 2.34. The third kappa shape index (κ3) is 6.45. The lowest BCUT2D eigenvalue weighted by atomic mass is 10.2. The Hall–Kier alpha value is -2.25. The molecule has 0 aliphatic carbocycles. The second-order valence-electron chi connectivity index (χ2n) is 6.72. The molecule has 0 fully saturated rings. The van der Waals surface area contributed by atoms with Crippen molar-refractivity contribution in [2.45, 2.75) is 4.90 Å². The van der Waals surface area contributed by atoms with Crippen LogP contribution in [0.5, 0.6) is 0 Å². The van der Waals surface area contributed by atoms with Gasteiger partial charge in [-0.05, 0) is 46.5 Å². The van der Waals surface area contributed by atoms with E-state index in [-0.39, 0.29) is 21.0 Å². The fourth-order valence-electron chi connectivity index (χ4n) is 2.60. The first-order valence-corrected chi connectivity index (χ1v) is 14.7. The lowest BCUT2D eigenvalue weighted by Gasteiger charge is -2.13. The number of nitrogens with one attached hydrogen (secondary N) is 2. The summed E-state index contributed by atoms with van der Waals surface area (Å²) in [5, 5.41) is 21.0. The monoisotopic (exact) mass is 600 g/mol. The van der Waals surface area contributed by atoms with E-state index in [2.05, 4.69) is 31.4 Å². The number of hydrogen-bond donors (Lipinski definition) is 2. The Labute approximate surface area is 218 Å². The summed E-state index contributed by atoms with van der Waals surface area (Å²) < 4.78 is 29.0. The zero-order chi connectivity index (χ0) is 24.9. The summed E-state index contributed by atoms with van der Waals surface area (Å²) >= 11 is 12.1. The van der Waals surface area contributed by atoms with Crippen molar-refractivity contribution < 1.29 is 17.9 Å². The molecule has 13 heteroatoms. The van der Waals surface area contributed by atoms with Gasteiger partial charge in [0.25, 0.3) is 0 Å². The maximum Gasteiger partial charge on any atom is 0.358 e. The molecule has 0 radical (unpaired) electrons. The number of nitrogens with zero attached hydrogens (tertiary/aromatic N) is 2. The number of aromatic nitrogens is 2. The standard InChI is InChI=1S/C21H18BrClN4O4S3/c1-32-11-31-21(28)17(24)16(22)18(25-15-9-4-3-8-14(15)23)20-27-26-19(33-20)12-6-5-7-13(10-12)34(2,29)30/h3-10,24-25H,11H2,1-2H3/b18-16+,24-17?. The molecular weight excluding hydrogens is 584 g/mol. The van der Waals surface area contributed by atoms with E-state index in [0.717, 1.165) is 17.6 Å². The van der Waals surface area contributed by atoms with Gasteiger partial charge in [0, 0.05) is 11.8 Å². The zero-order valence-electron chi connectivity index (χ0n) is 17.8. The molecule has 3 rings (SSSR count). The molecule has 2 N–H and O–H groups in total. The molecule has 0 aliphatic rings. The van der Waals surface area contributed by atoms with Crippen LogP contribution in [0.3, 0.4) is 0 Å². The number of hydrogen-bond acceptors (Lipinski definition) is 10. The minimum absolute atomic E-state index is 0.103. The number of para-hydroxylation sites is 1. The highest BCUT2D eigenvalue weighted by atomic mass is 79.9. The lowest BCUT2D eigenvalue weighted by molar-refractivity contribution is -0.133. The number of rotatable bonds is 9. The van der Waals surface area contributed by atoms with Gasteiger partial charge >= 0.3 is 5.97 Å². The maximum atomic E-state index is 12.3. The molecule has 1 aromatic heterocycles. The van der Waals surface area contributed by atoms with Crippen LogP contribution in [0, 0.1) is 5.41 Å². The molecule has 34 heavy (non-hydrogen) atoms. The SMILES string of the molecule is CSCOC(=O)C(=N)/C(Br)=C(\Nc1ccccc1Cl)c1nnc(-c2cccc(S(C)(=O)=O)c2)s1. The second kappa shape index (κ2) is 11.5. The van der Waals surface area contributed by atoms with E-state index >= 15 is 0 Å². The summed E-state index contributed by atoms with van der Waals surface area (Å²) in [7, 11) is -3.40. The van der Waals surface area contributed by atoms with E-state index in [1.807, 2.05) is 0 Å². The first-order chi connectivity index (χ1) is 16.1. The van der Waals surface area contributed by atoms with Crippen molar-refractivity contribution in [3.05, 3.63) is 63.0 Å². The molecule has 3 aromatic rings. The van der Waals surface area contributed by atoms with Gasteiger partial charge in [-0.1, -0.05) is 47.2 Å². The molecule has 0 amide bonds. The lowest BCUT2D eigenvalue weighted by Crippen LogP contribution is -2.18. The number of carbonyl (C=O) groups excluding carboxylic acids is 1. The molecule has 0 saturated carbocycles. The number of esters is 1. The molecule has 0 spiro atoms. The van der Waals surface area contributed by atoms with Crippen molar-refractivity contribution in [2.75, 3.05) is 23.8 Å². The Morgan fingerprint density at radius 1 is 1.24 bits per heavy atom. The van der Waals surface area contributed by atoms with E-state index in [0.29, 0.717) is 26.3 Å². The van der Waals surface area contributed by atoms with Gasteiger partial charge < -0.3 is 10.1 Å². The van der Waals surface area contributed by atoms with Gasteiger partial charge in [-0.3, -0.25) is 5.41 Å². The molecule has 0 aliphatic heterocycles. The van der Waals surface area contributed by atoms with Crippen LogP contribution in [0.15, 0.2) is 57.9 Å². The van der Waals surface area contributed by atoms with Crippen molar-refractivity contribution in [2.24, 2.45) is 0 Å². The molecule has 0 unspecified atom stereocenters. The number of carbonyl (C=O) groups is 1. The summed E-state index contributed by atoms with van der Waals surface area (Å²) in [6, 6.07) is 13.3. The average Bonchev–Trinajstić information content (AvgIpc) is 3.30. The molecule has 178 valence electrons. The summed E-state index contributed by atoms with van der Waals surface area (Å²) in [5.41, 5.74) is 0.952. The third-order valence-electron chi connectivity index (χ3n) is 4.23. The van der Waals surface area contributed by atoms with Crippen molar-refractivity contribution >= 4 is 83.5 Å². The molecular formula is C21H18BrClN4O4S3. The number of benzene rings is 2. The number of halogens is 2. The number of sulfone groups is 1. The van der Waals surface area contributed by atoms with Crippen molar-refractivity contribution in [3.63, 3.8) is 0 Å². The van der Waals surface area contributed by atoms with Crippen LogP contribution in [0.4, 0.5) is 5.69 Å². The topological polar surface area (TPSA) is 122 Å². The van der Waals surface area contributed by atoms with E-state index in [1.54, 1.807) is 42.7 Å². The van der Waals surface area contributed by atoms with Gasteiger partial charge in [0.2, 0.25) is 0 Å². The van der Waals surface area contributed by atoms with Crippen LogP contribution in [-0.2, 0) is 19.4 Å². The fourth-order valence-corrected chi connectivity index (χ4v) is 5.10. The van der Waals surface area contributed by atoms with Gasteiger partial charge in [-0.15, -0.1) is 22.0 Å². The summed E-state index contributed by atoms with van der Waals surface area (Å²) in [4.78, 5) is 12.4. The normalized spacial score (nSPS) is 12.1. The quantitative estimate of drug-likeness (QED) is 0.192. The zero-order valence-corrected chi connectivity index (χ0v) is 22.6. The molecule has 2 aromatic carbocycles. The van der Waals surface area contributed by atoms with Crippen molar-refractivity contribution in [3.8, 4) is 10.6 Å². The Morgan fingerprint density at radius 2 is 1.97 bits per heavy atom. The highest BCUT2D eigenvalue weighted by Gasteiger charge is 2.23. The second-order valence-corrected chi connectivity index (χ2v) is 11.7. The van der Waals surface area contributed by atoms with Crippen molar-refractivity contribution in [1.82, 2.24) is 10.2 Å². The van der Waals surface area contributed by atoms with Crippen LogP contribution in [0.25, 0.3) is 16.3 Å². The Balaban J connectivity index is 2.06. The maximum absolute atomic E-state index is 12.3. The largest absolute Gasteiger partial charge is 0.450 e. The van der Waals surface area contributed by atoms with E-state index < -0.39 is 21.5 Å². The third-order valence-corrected chi connectivity index (χ3v) is 7.81. The van der Waals surface area contributed by atoms with Gasteiger partial charge in [-0.2, -0.15) is 0 Å². The summed E-state index contributed by atoms with van der Waals surface area (Å²) in [5.74, 6) is -0.709. The van der Waals surface area contributed by atoms with Gasteiger partial charge in [0.05, 0.1) is 25.8 Å². The Bertz CT molecular complexity index is 1380. The first-order valence-electron chi connectivity index (χ1n) is 9.42. The fraction of sp³-hybridized carbons (Fsp3) is 0.143. The average molecular weight is 602 g/mol.